The molecule has 0 N–H and O–H groups in total. The maximum atomic E-state index is 12.9. The minimum Gasteiger partial charge on any atom is -0.497 e. The summed E-state index contributed by atoms with van der Waals surface area (Å²) in [6.45, 7) is 2.60. The first-order valence-electron chi connectivity index (χ1n) is 10.2. The highest BCUT2D eigenvalue weighted by Gasteiger charge is 2.17. The largest absolute Gasteiger partial charge is 0.497 e. The maximum Gasteiger partial charge on any atom is 0.262 e. The van der Waals surface area contributed by atoms with E-state index in [1.54, 1.807) is 11.7 Å². The van der Waals surface area contributed by atoms with Gasteiger partial charge >= 0.3 is 0 Å². The summed E-state index contributed by atoms with van der Waals surface area (Å²) in [5.74, 6) is 2.63. The minimum absolute atomic E-state index is 0.0567. The van der Waals surface area contributed by atoms with Crippen molar-refractivity contribution in [2.45, 2.75) is 30.8 Å². The van der Waals surface area contributed by atoms with Crippen LogP contribution in [0, 0.1) is 0 Å². The Kier molecular flexibility index (Phi) is 5.36. The van der Waals surface area contributed by atoms with E-state index in [4.69, 9.17) is 9.26 Å². The zero-order chi connectivity index (χ0) is 22.1. The Morgan fingerprint density at radius 3 is 2.84 bits per heavy atom. The highest BCUT2D eigenvalue weighted by atomic mass is 32.2. The Bertz CT molecular complexity index is 1470. The number of ether oxygens (including phenoxy) is 1. The Balaban J connectivity index is 1.48. The van der Waals surface area contributed by atoms with Crippen LogP contribution >= 0.6 is 11.8 Å². The predicted octanol–water partition coefficient (Wildman–Crippen LogP) is 3.81. The van der Waals surface area contributed by atoms with Crippen LogP contribution in [0.1, 0.15) is 19.2 Å². The van der Waals surface area contributed by atoms with Gasteiger partial charge in [-0.1, -0.05) is 48.1 Å². The summed E-state index contributed by atoms with van der Waals surface area (Å²) in [7, 11) is 1.62. The second-order valence-electron chi connectivity index (χ2n) is 7.12. The third-order valence-corrected chi connectivity index (χ3v) is 5.96. The number of methoxy groups -OCH3 is 1. The predicted molar refractivity (Wildman–Crippen MR) is 121 cm³/mol. The Labute approximate surface area is 187 Å². The number of fused-ring (bicyclic) bond motifs is 3. The van der Waals surface area contributed by atoms with E-state index in [9.17, 15) is 4.79 Å². The highest BCUT2D eigenvalue weighted by molar-refractivity contribution is 7.98. The van der Waals surface area contributed by atoms with Gasteiger partial charge in [-0.25, -0.2) is 0 Å². The van der Waals surface area contributed by atoms with Gasteiger partial charge < -0.3 is 9.26 Å². The van der Waals surface area contributed by atoms with Crippen LogP contribution in [0.4, 0.5) is 0 Å². The van der Waals surface area contributed by atoms with Gasteiger partial charge in [-0.05, 0) is 30.7 Å². The number of benzene rings is 2. The van der Waals surface area contributed by atoms with Crippen molar-refractivity contribution in [3.63, 3.8) is 0 Å². The molecule has 10 heteroatoms. The van der Waals surface area contributed by atoms with Gasteiger partial charge in [-0.15, -0.1) is 10.2 Å². The fourth-order valence-electron chi connectivity index (χ4n) is 3.57. The molecule has 0 aliphatic rings. The molecule has 0 saturated heterocycles. The van der Waals surface area contributed by atoms with Gasteiger partial charge in [0.2, 0.25) is 17.5 Å². The molecule has 0 amide bonds. The monoisotopic (exact) mass is 448 g/mol. The van der Waals surface area contributed by atoms with Crippen LogP contribution in [0.3, 0.4) is 0 Å². The average Bonchev–Trinajstić information content (AvgIpc) is 3.48. The molecule has 3 heterocycles. The number of nitrogens with zero attached hydrogens (tertiary/aromatic N) is 6. The fourth-order valence-corrected chi connectivity index (χ4v) is 4.35. The molecule has 0 atom stereocenters. The van der Waals surface area contributed by atoms with Gasteiger partial charge in [0.15, 0.2) is 5.16 Å². The van der Waals surface area contributed by atoms with E-state index in [0.717, 1.165) is 23.3 Å². The third kappa shape index (κ3) is 3.52. The van der Waals surface area contributed by atoms with Crippen LogP contribution in [0.25, 0.3) is 28.1 Å². The number of hydrogen-bond donors (Lipinski definition) is 0. The summed E-state index contributed by atoms with van der Waals surface area (Å²) in [5.41, 5.74) is 1.53. The summed E-state index contributed by atoms with van der Waals surface area (Å²) < 4.78 is 14.3. The van der Waals surface area contributed by atoms with Gasteiger partial charge in [0.1, 0.15) is 5.75 Å². The van der Waals surface area contributed by atoms with Crippen LogP contribution in [0.15, 0.2) is 63.0 Å². The molecule has 9 nitrogen and oxygen atoms in total. The van der Waals surface area contributed by atoms with Gasteiger partial charge in [-0.2, -0.15) is 4.98 Å². The summed E-state index contributed by atoms with van der Waals surface area (Å²) in [6, 6.07) is 15.0. The summed E-state index contributed by atoms with van der Waals surface area (Å²) in [4.78, 5) is 17.4. The van der Waals surface area contributed by atoms with Gasteiger partial charge in [0.25, 0.3) is 5.56 Å². The van der Waals surface area contributed by atoms with Crippen LogP contribution in [-0.2, 0) is 12.3 Å². The molecule has 0 unspecified atom stereocenters. The second-order valence-corrected chi connectivity index (χ2v) is 8.07. The molecule has 0 aliphatic heterocycles. The van der Waals surface area contributed by atoms with Crippen molar-refractivity contribution >= 4 is 28.4 Å². The zero-order valence-electron chi connectivity index (χ0n) is 17.6. The van der Waals surface area contributed by atoms with Crippen LogP contribution < -0.4 is 10.3 Å². The number of hydrogen-bond acceptors (Lipinski definition) is 8. The highest BCUT2D eigenvalue weighted by Crippen LogP contribution is 2.26. The average molecular weight is 449 g/mol. The molecule has 2 aromatic carbocycles. The molecular weight excluding hydrogens is 428 g/mol. The smallest absolute Gasteiger partial charge is 0.262 e. The molecule has 0 aliphatic carbocycles. The first-order valence-corrected chi connectivity index (χ1v) is 11.1. The van der Waals surface area contributed by atoms with E-state index < -0.39 is 0 Å². The third-order valence-electron chi connectivity index (χ3n) is 5.05. The Hall–Kier alpha value is -3.66. The number of rotatable bonds is 7. The number of thioether (sulfide) groups is 1. The molecular formula is C22H20N6O3S. The van der Waals surface area contributed by atoms with E-state index in [0.29, 0.717) is 40.3 Å². The molecule has 3 aromatic heterocycles. The second kappa shape index (κ2) is 8.46. The van der Waals surface area contributed by atoms with E-state index in [1.807, 2.05) is 59.9 Å². The van der Waals surface area contributed by atoms with Crippen molar-refractivity contribution in [1.29, 1.82) is 0 Å². The van der Waals surface area contributed by atoms with Crippen molar-refractivity contribution in [3.8, 4) is 17.1 Å². The molecule has 0 radical (unpaired) electrons. The first-order chi connectivity index (χ1) is 15.7. The molecule has 0 bridgehead atoms. The molecule has 5 rings (SSSR count). The lowest BCUT2D eigenvalue weighted by atomic mass is 10.2. The van der Waals surface area contributed by atoms with Crippen molar-refractivity contribution < 1.29 is 9.26 Å². The summed E-state index contributed by atoms with van der Waals surface area (Å²) in [5, 5.41) is 14.0. The number of aromatic nitrogens is 6. The van der Waals surface area contributed by atoms with Gasteiger partial charge in [-0.3, -0.25) is 13.8 Å². The Morgan fingerprint density at radius 2 is 2.00 bits per heavy atom. The van der Waals surface area contributed by atoms with Gasteiger partial charge in [0, 0.05) is 12.1 Å². The number of aryl methyl sites for hydroxylation is 1. The maximum absolute atomic E-state index is 12.9. The van der Waals surface area contributed by atoms with Crippen molar-refractivity contribution in [2.75, 3.05) is 7.11 Å². The van der Waals surface area contributed by atoms with Crippen molar-refractivity contribution in [2.24, 2.45) is 0 Å². The van der Waals surface area contributed by atoms with Gasteiger partial charge in [0.05, 0.1) is 23.8 Å². The summed E-state index contributed by atoms with van der Waals surface area (Å²) in [6.07, 6.45) is 0.818. The zero-order valence-corrected chi connectivity index (χ0v) is 18.4. The normalized spacial score (nSPS) is 11.4. The van der Waals surface area contributed by atoms with Crippen molar-refractivity contribution in [1.82, 2.24) is 29.3 Å². The standard InChI is InChI=1S/C22H20N6O3S/c1-3-11-27-20(29)16-9-4-5-10-17(16)28-21(27)24-25-22(28)32-13-18-23-19(26-31-18)14-7-6-8-15(12-14)30-2/h4-10,12H,3,11,13H2,1-2H3. The lowest BCUT2D eigenvalue weighted by Crippen LogP contribution is -2.23. The van der Waals surface area contributed by atoms with E-state index in [2.05, 4.69) is 20.3 Å². The lowest BCUT2D eigenvalue weighted by Gasteiger charge is -2.10. The van der Waals surface area contributed by atoms with Crippen LogP contribution in [-0.4, -0.2) is 36.4 Å². The van der Waals surface area contributed by atoms with Crippen LogP contribution in [0.5, 0.6) is 5.75 Å². The quantitative estimate of drug-likeness (QED) is 0.347. The molecule has 5 aromatic rings. The topological polar surface area (TPSA) is 100 Å². The van der Waals surface area contributed by atoms with E-state index in [1.165, 1.54) is 11.8 Å². The first kappa shape index (κ1) is 20.3. The van der Waals surface area contributed by atoms with E-state index in [-0.39, 0.29) is 5.56 Å². The summed E-state index contributed by atoms with van der Waals surface area (Å²) >= 11 is 1.43. The minimum atomic E-state index is -0.0567. The number of para-hydroxylation sites is 1. The van der Waals surface area contributed by atoms with Crippen molar-refractivity contribution in [3.05, 3.63) is 64.8 Å². The SMILES string of the molecule is CCCn1c(=O)c2ccccc2n2c(SCc3nc(-c4cccc(OC)c4)no3)nnc12. The molecule has 32 heavy (non-hydrogen) atoms. The molecule has 0 fully saturated rings. The van der Waals surface area contributed by atoms with Crippen LogP contribution in [0.2, 0.25) is 0 Å². The fraction of sp³-hybridized carbons (Fsp3) is 0.227. The van der Waals surface area contributed by atoms with E-state index >= 15 is 0 Å². The lowest BCUT2D eigenvalue weighted by molar-refractivity contribution is 0.391. The molecule has 0 saturated carbocycles. The molecule has 162 valence electrons. The Morgan fingerprint density at radius 1 is 1.12 bits per heavy atom. The molecule has 0 spiro atoms.